The Balaban J connectivity index is 0. The molecular weight excluding hydrogens is 455 g/mol. The van der Waals surface area contributed by atoms with Crippen LogP contribution in [0.3, 0.4) is 0 Å². The Morgan fingerprint density at radius 1 is 0.818 bits per heavy atom. The van der Waals surface area contributed by atoms with Crippen molar-refractivity contribution in [3.05, 3.63) is 12.2 Å². The van der Waals surface area contributed by atoms with Gasteiger partial charge in [-0.15, -0.1) is 0 Å². The van der Waals surface area contributed by atoms with Crippen LogP contribution in [0.15, 0.2) is 12.2 Å². The minimum atomic E-state index is -5.00. The van der Waals surface area contributed by atoms with Gasteiger partial charge in [0.1, 0.15) is 16.7 Å². The first kappa shape index (κ1) is 34.8. The molecule has 0 aromatic heterocycles. The molecule has 0 fully saturated rings. The Hall–Kier alpha value is -0.410. The van der Waals surface area contributed by atoms with Crippen LogP contribution < -0.4 is 29.6 Å². The van der Waals surface area contributed by atoms with E-state index in [0.29, 0.717) is 6.42 Å². The van der Waals surface area contributed by atoms with Crippen molar-refractivity contribution in [2.24, 2.45) is 0 Å². The zero-order valence-electron chi connectivity index (χ0n) is 21.0. The van der Waals surface area contributed by atoms with E-state index >= 15 is 0 Å². The molecule has 0 rings (SSSR count). The summed E-state index contributed by atoms with van der Waals surface area (Å²) in [6, 6.07) is 0. The van der Waals surface area contributed by atoms with Crippen molar-refractivity contribution in [2.45, 2.75) is 115 Å². The van der Waals surface area contributed by atoms with Gasteiger partial charge in [0.2, 0.25) is 0 Å². The first-order valence-electron chi connectivity index (χ1n) is 12.2. The van der Waals surface area contributed by atoms with Crippen molar-refractivity contribution < 1.29 is 61.6 Å². The van der Waals surface area contributed by atoms with Crippen LogP contribution >= 0.6 is 0 Å². The molecular formula is C24H43NaO7S. The quantitative estimate of drug-likeness (QED) is 0.0786. The van der Waals surface area contributed by atoms with Gasteiger partial charge in [0.25, 0.3) is 0 Å². The molecule has 0 saturated carbocycles. The van der Waals surface area contributed by atoms with E-state index in [1.807, 2.05) is 0 Å². The first-order valence-corrected chi connectivity index (χ1v) is 13.7. The fourth-order valence-electron chi connectivity index (χ4n) is 3.31. The number of rotatable bonds is 21. The third kappa shape index (κ3) is 21.8. The van der Waals surface area contributed by atoms with E-state index in [1.54, 1.807) is 19.1 Å². The zero-order valence-corrected chi connectivity index (χ0v) is 23.8. The molecule has 0 bridgehead atoms. The summed E-state index contributed by atoms with van der Waals surface area (Å²) in [5, 5.41) is -2.06. The Labute approximate surface area is 223 Å². The Morgan fingerprint density at radius 3 is 1.70 bits per heavy atom. The molecule has 188 valence electrons. The number of hydrogen-bond acceptors (Lipinski definition) is 7. The standard InChI is InChI=1S/C24H44O7S.Na/c1-3-5-7-8-9-10-11-12-13-14-15-16-17-18-20-31-24(26)22(32(27,28)29)21-23(25)30-19-6-4-2;/h4,6,22H,3,5,7-21H2,1-2H3,(H,27,28,29);/q;+1/p-1/b6-4+;. The Kier molecular flexibility index (Phi) is 24.6. The third-order valence-corrected chi connectivity index (χ3v) is 6.34. The number of unbranched alkanes of at least 4 members (excludes halogenated alkanes) is 13. The van der Waals surface area contributed by atoms with E-state index in [1.165, 1.54) is 64.2 Å². The van der Waals surface area contributed by atoms with Gasteiger partial charge in [-0.3, -0.25) is 9.59 Å². The molecule has 0 heterocycles. The molecule has 0 aliphatic carbocycles. The van der Waals surface area contributed by atoms with Gasteiger partial charge >= 0.3 is 41.5 Å². The molecule has 33 heavy (non-hydrogen) atoms. The third-order valence-electron chi connectivity index (χ3n) is 5.28. The summed E-state index contributed by atoms with van der Waals surface area (Å²) in [7, 11) is -5.00. The van der Waals surface area contributed by atoms with E-state index in [0.717, 1.165) is 19.3 Å². The molecule has 0 amide bonds. The van der Waals surface area contributed by atoms with Gasteiger partial charge in [0.15, 0.2) is 5.25 Å². The molecule has 9 heteroatoms. The summed E-state index contributed by atoms with van der Waals surface area (Å²) in [5.74, 6) is -2.11. The van der Waals surface area contributed by atoms with E-state index in [2.05, 4.69) is 6.92 Å². The monoisotopic (exact) mass is 498 g/mol. The van der Waals surface area contributed by atoms with Gasteiger partial charge in [-0.2, -0.15) is 0 Å². The topological polar surface area (TPSA) is 110 Å². The number of hydrogen-bond donors (Lipinski definition) is 0. The molecule has 0 spiro atoms. The number of ether oxygens (including phenoxy) is 2. The van der Waals surface area contributed by atoms with E-state index in [9.17, 15) is 22.6 Å². The normalized spacial score (nSPS) is 12.3. The summed E-state index contributed by atoms with van der Waals surface area (Å²) in [4.78, 5) is 23.6. The maximum atomic E-state index is 12.0. The van der Waals surface area contributed by atoms with Crippen LogP contribution in [0.1, 0.15) is 110 Å². The molecule has 0 aromatic carbocycles. The maximum Gasteiger partial charge on any atom is 1.00 e. The predicted octanol–water partition coefficient (Wildman–Crippen LogP) is 2.44. The molecule has 0 aromatic rings. The summed E-state index contributed by atoms with van der Waals surface area (Å²) in [5.41, 5.74) is 0. The molecule has 0 radical (unpaired) electrons. The van der Waals surface area contributed by atoms with Crippen molar-refractivity contribution >= 4 is 22.1 Å². The van der Waals surface area contributed by atoms with Gasteiger partial charge in [0, 0.05) is 0 Å². The Bertz CT molecular complexity index is 620. The molecule has 7 nitrogen and oxygen atoms in total. The van der Waals surface area contributed by atoms with Crippen LogP contribution in [0, 0.1) is 0 Å². The predicted molar refractivity (Wildman–Crippen MR) is 125 cm³/mol. The largest absolute Gasteiger partial charge is 1.00 e. The fourth-order valence-corrected chi connectivity index (χ4v) is 3.96. The summed E-state index contributed by atoms with van der Waals surface area (Å²) < 4.78 is 43.6. The summed E-state index contributed by atoms with van der Waals surface area (Å²) >= 11 is 0. The fraction of sp³-hybridized carbons (Fsp3) is 0.833. The molecule has 0 saturated heterocycles. The molecule has 1 atom stereocenters. The van der Waals surface area contributed by atoms with Crippen LogP contribution in [0.2, 0.25) is 0 Å². The number of allylic oxidation sites excluding steroid dienone is 1. The molecule has 0 N–H and O–H groups in total. The Morgan fingerprint density at radius 2 is 1.27 bits per heavy atom. The second-order valence-corrected chi connectivity index (χ2v) is 9.76. The van der Waals surface area contributed by atoms with Crippen molar-refractivity contribution in [1.29, 1.82) is 0 Å². The summed E-state index contributed by atoms with van der Waals surface area (Å²) in [6.45, 7) is 3.96. The molecule has 1 unspecified atom stereocenters. The van der Waals surface area contributed by atoms with Crippen LogP contribution in [-0.4, -0.2) is 43.4 Å². The smallest absolute Gasteiger partial charge is 0.747 e. The number of esters is 2. The SMILES string of the molecule is C/C=C/COC(=O)CC(C(=O)OCCCCCCCCCCCCCCCC)S(=O)(=O)[O-].[Na+]. The second kappa shape index (κ2) is 23.3. The minimum absolute atomic E-state index is 0. The number of carbonyl (C=O) groups is 2. The average Bonchev–Trinajstić information content (AvgIpc) is 2.74. The van der Waals surface area contributed by atoms with Crippen molar-refractivity contribution in [1.82, 2.24) is 0 Å². The van der Waals surface area contributed by atoms with Gasteiger partial charge in [-0.1, -0.05) is 103 Å². The first-order chi connectivity index (χ1) is 15.3. The van der Waals surface area contributed by atoms with Crippen molar-refractivity contribution in [2.75, 3.05) is 13.2 Å². The van der Waals surface area contributed by atoms with E-state index in [-0.39, 0.29) is 42.8 Å². The zero-order chi connectivity index (χ0) is 24.1. The van der Waals surface area contributed by atoms with E-state index in [4.69, 9.17) is 9.47 Å². The van der Waals surface area contributed by atoms with Crippen LogP contribution in [0.25, 0.3) is 0 Å². The van der Waals surface area contributed by atoms with Gasteiger partial charge < -0.3 is 14.0 Å². The van der Waals surface area contributed by atoms with Crippen molar-refractivity contribution in [3.8, 4) is 0 Å². The van der Waals surface area contributed by atoms with Crippen molar-refractivity contribution in [3.63, 3.8) is 0 Å². The van der Waals surface area contributed by atoms with Crippen LogP contribution in [-0.2, 0) is 29.2 Å². The average molecular weight is 499 g/mol. The molecule has 0 aliphatic heterocycles. The maximum absolute atomic E-state index is 12.0. The van der Waals surface area contributed by atoms with Gasteiger partial charge in [-0.05, 0) is 13.3 Å². The van der Waals surface area contributed by atoms with Crippen LogP contribution in [0.5, 0.6) is 0 Å². The minimum Gasteiger partial charge on any atom is -0.747 e. The second-order valence-electron chi connectivity index (χ2n) is 8.20. The molecule has 0 aliphatic rings. The number of carbonyl (C=O) groups excluding carboxylic acids is 2. The van der Waals surface area contributed by atoms with Gasteiger partial charge in [-0.25, -0.2) is 8.42 Å². The van der Waals surface area contributed by atoms with Gasteiger partial charge in [0.05, 0.1) is 13.0 Å². The van der Waals surface area contributed by atoms with Crippen LogP contribution in [0.4, 0.5) is 0 Å². The summed E-state index contributed by atoms with van der Waals surface area (Å²) in [6.07, 6.45) is 19.1. The van der Waals surface area contributed by atoms with E-state index < -0.39 is 33.7 Å².